The Labute approximate surface area is 59.7 Å². The number of rotatable bonds is 3. The molecule has 0 rings (SSSR count). The van der Waals surface area contributed by atoms with Gasteiger partial charge < -0.3 is 0 Å². The zero-order valence-electron chi connectivity index (χ0n) is 6.19. The van der Waals surface area contributed by atoms with Gasteiger partial charge >= 0.3 is 0 Å². The van der Waals surface area contributed by atoms with Crippen LogP contribution in [0.4, 0.5) is 8.78 Å². The predicted molar refractivity (Wildman–Crippen MR) is 34.6 cm³/mol. The molecule has 1 nitrogen and oxygen atoms in total. The lowest BCUT2D eigenvalue weighted by atomic mass is 10.00. The zero-order valence-corrected chi connectivity index (χ0v) is 6.19. The zero-order chi connectivity index (χ0) is 8.20. The maximum atomic E-state index is 12.3. The van der Waals surface area contributed by atoms with Gasteiger partial charge in [0, 0.05) is 12.3 Å². The fourth-order valence-corrected chi connectivity index (χ4v) is 0.535. The quantitative estimate of drug-likeness (QED) is 0.601. The van der Waals surface area contributed by atoms with Crippen molar-refractivity contribution < 1.29 is 8.78 Å². The summed E-state index contributed by atoms with van der Waals surface area (Å²) in [5, 5.41) is 8.09. The molecule has 0 amide bonds. The standard InChI is InChI=1S/C7H11F2N/c1-6(4-3-5-10)7(2,8)9/h6H,3-4H2,1-2H3. The van der Waals surface area contributed by atoms with E-state index in [4.69, 9.17) is 5.26 Å². The van der Waals surface area contributed by atoms with Crippen molar-refractivity contribution in [2.75, 3.05) is 0 Å². The lowest BCUT2D eigenvalue weighted by Crippen LogP contribution is -2.20. The van der Waals surface area contributed by atoms with Crippen LogP contribution in [0.1, 0.15) is 26.7 Å². The number of halogens is 2. The summed E-state index contributed by atoms with van der Waals surface area (Å²) in [4.78, 5) is 0. The van der Waals surface area contributed by atoms with Crippen LogP contribution in [0.15, 0.2) is 0 Å². The van der Waals surface area contributed by atoms with E-state index in [2.05, 4.69) is 0 Å². The second kappa shape index (κ2) is 3.50. The van der Waals surface area contributed by atoms with Crippen molar-refractivity contribution in [2.45, 2.75) is 32.6 Å². The van der Waals surface area contributed by atoms with Crippen molar-refractivity contribution in [3.05, 3.63) is 0 Å². The largest absolute Gasteiger partial charge is 0.247 e. The molecular formula is C7H11F2N. The Morgan fingerprint density at radius 1 is 1.60 bits per heavy atom. The molecule has 1 atom stereocenters. The second-order valence-electron chi connectivity index (χ2n) is 2.55. The molecule has 0 aromatic heterocycles. The lowest BCUT2D eigenvalue weighted by molar-refractivity contribution is -0.0347. The van der Waals surface area contributed by atoms with Crippen LogP contribution < -0.4 is 0 Å². The van der Waals surface area contributed by atoms with Crippen molar-refractivity contribution in [3.63, 3.8) is 0 Å². The van der Waals surface area contributed by atoms with Gasteiger partial charge in [0.05, 0.1) is 6.07 Å². The van der Waals surface area contributed by atoms with E-state index >= 15 is 0 Å². The third-order valence-corrected chi connectivity index (χ3v) is 1.55. The van der Waals surface area contributed by atoms with E-state index in [0.717, 1.165) is 6.92 Å². The molecule has 0 saturated heterocycles. The maximum absolute atomic E-state index is 12.3. The first-order valence-corrected chi connectivity index (χ1v) is 3.23. The molecule has 58 valence electrons. The lowest BCUT2D eigenvalue weighted by Gasteiger charge is -2.17. The van der Waals surface area contributed by atoms with Crippen molar-refractivity contribution in [1.82, 2.24) is 0 Å². The van der Waals surface area contributed by atoms with Crippen molar-refractivity contribution >= 4 is 0 Å². The molecule has 0 bridgehead atoms. The molecule has 1 unspecified atom stereocenters. The Morgan fingerprint density at radius 3 is 2.40 bits per heavy atom. The molecule has 0 aliphatic heterocycles. The highest BCUT2D eigenvalue weighted by atomic mass is 19.3. The highest BCUT2D eigenvalue weighted by molar-refractivity contribution is 4.75. The van der Waals surface area contributed by atoms with Gasteiger partial charge in [-0.3, -0.25) is 0 Å². The molecular weight excluding hydrogens is 136 g/mol. The van der Waals surface area contributed by atoms with E-state index in [0.29, 0.717) is 0 Å². The minimum Gasteiger partial charge on any atom is -0.207 e. The van der Waals surface area contributed by atoms with E-state index in [1.54, 1.807) is 0 Å². The molecule has 0 aliphatic rings. The molecule has 0 aromatic rings. The third-order valence-electron chi connectivity index (χ3n) is 1.55. The first kappa shape index (κ1) is 9.35. The number of hydrogen-bond donors (Lipinski definition) is 0. The smallest absolute Gasteiger partial charge is 0.207 e. The summed E-state index contributed by atoms with van der Waals surface area (Å²) in [5.74, 6) is -3.33. The molecule has 10 heavy (non-hydrogen) atoms. The van der Waals surface area contributed by atoms with Gasteiger partial charge in [-0.2, -0.15) is 5.26 Å². The molecule has 3 heteroatoms. The van der Waals surface area contributed by atoms with Crippen LogP contribution in [0, 0.1) is 17.2 Å². The number of nitriles is 1. The van der Waals surface area contributed by atoms with Gasteiger partial charge in [0.2, 0.25) is 5.92 Å². The number of alkyl halides is 2. The van der Waals surface area contributed by atoms with Crippen LogP contribution in [-0.4, -0.2) is 5.92 Å². The van der Waals surface area contributed by atoms with Crippen LogP contribution in [0.3, 0.4) is 0 Å². The van der Waals surface area contributed by atoms with E-state index in [1.807, 2.05) is 6.07 Å². The topological polar surface area (TPSA) is 23.8 Å². The van der Waals surface area contributed by atoms with Crippen LogP contribution in [-0.2, 0) is 0 Å². The summed E-state index contributed by atoms with van der Waals surface area (Å²) < 4.78 is 24.7. The Bertz CT molecular complexity index is 132. The average Bonchev–Trinajstić information content (AvgIpc) is 1.80. The van der Waals surface area contributed by atoms with Gasteiger partial charge in [-0.15, -0.1) is 0 Å². The van der Waals surface area contributed by atoms with Crippen LogP contribution in [0.25, 0.3) is 0 Å². The molecule has 0 heterocycles. The van der Waals surface area contributed by atoms with Gasteiger partial charge in [0.25, 0.3) is 0 Å². The molecule has 0 fully saturated rings. The monoisotopic (exact) mass is 147 g/mol. The highest BCUT2D eigenvalue weighted by Crippen LogP contribution is 2.26. The molecule has 0 aliphatic carbocycles. The van der Waals surface area contributed by atoms with Gasteiger partial charge in [0.15, 0.2) is 0 Å². The SMILES string of the molecule is CC(CCC#N)C(C)(F)F. The summed E-state index contributed by atoms with van der Waals surface area (Å²) in [7, 11) is 0. The van der Waals surface area contributed by atoms with E-state index < -0.39 is 11.8 Å². The molecule has 0 aromatic carbocycles. The molecule has 0 spiro atoms. The van der Waals surface area contributed by atoms with Crippen molar-refractivity contribution in [3.8, 4) is 6.07 Å². The molecule has 0 N–H and O–H groups in total. The van der Waals surface area contributed by atoms with Gasteiger partial charge in [0.1, 0.15) is 0 Å². The van der Waals surface area contributed by atoms with Crippen LogP contribution in [0.2, 0.25) is 0 Å². The number of hydrogen-bond acceptors (Lipinski definition) is 1. The summed E-state index contributed by atoms with van der Waals surface area (Å²) in [6, 6.07) is 1.84. The minimum absolute atomic E-state index is 0.213. The Morgan fingerprint density at radius 2 is 2.10 bits per heavy atom. The van der Waals surface area contributed by atoms with E-state index in [1.165, 1.54) is 6.92 Å². The van der Waals surface area contributed by atoms with Gasteiger partial charge in [-0.05, 0) is 13.3 Å². The predicted octanol–water partition coefficient (Wildman–Crippen LogP) is 2.58. The first-order valence-electron chi connectivity index (χ1n) is 3.23. The van der Waals surface area contributed by atoms with Crippen molar-refractivity contribution in [1.29, 1.82) is 5.26 Å². The summed E-state index contributed by atoms with van der Waals surface area (Å²) in [6.45, 7) is 2.34. The molecule has 0 radical (unpaired) electrons. The van der Waals surface area contributed by atoms with Crippen LogP contribution in [0.5, 0.6) is 0 Å². The van der Waals surface area contributed by atoms with E-state index in [-0.39, 0.29) is 12.8 Å². The van der Waals surface area contributed by atoms with Crippen LogP contribution >= 0.6 is 0 Å². The Kier molecular flexibility index (Phi) is 3.27. The second-order valence-corrected chi connectivity index (χ2v) is 2.55. The summed E-state index contributed by atoms with van der Waals surface area (Å²) >= 11 is 0. The molecule has 0 saturated carbocycles. The van der Waals surface area contributed by atoms with Gasteiger partial charge in [-0.1, -0.05) is 6.92 Å². The highest BCUT2D eigenvalue weighted by Gasteiger charge is 2.29. The third kappa shape index (κ3) is 3.39. The van der Waals surface area contributed by atoms with Crippen molar-refractivity contribution in [2.24, 2.45) is 5.92 Å². The minimum atomic E-state index is -2.64. The Balaban J connectivity index is 3.65. The first-order chi connectivity index (χ1) is 4.48. The normalized spacial score (nSPS) is 14.3. The summed E-state index contributed by atoms with van der Waals surface area (Å²) in [6.07, 6.45) is 0.491. The maximum Gasteiger partial charge on any atom is 0.247 e. The summed E-state index contributed by atoms with van der Waals surface area (Å²) in [5.41, 5.74) is 0. The fraction of sp³-hybridized carbons (Fsp3) is 0.857. The number of nitrogens with zero attached hydrogens (tertiary/aromatic N) is 1. The van der Waals surface area contributed by atoms with E-state index in [9.17, 15) is 8.78 Å². The Hall–Kier alpha value is -0.650. The van der Waals surface area contributed by atoms with Gasteiger partial charge in [-0.25, -0.2) is 8.78 Å². The average molecular weight is 147 g/mol. The fourth-order valence-electron chi connectivity index (χ4n) is 0.535.